The van der Waals surface area contributed by atoms with E-state index in [2.05, 4.69) is 6.08 Å². The van der Waals surface area contributed by atoms with E-state index in [9.17, 15) is 0 Å². The molecule has 0 bridgehead atoms. The van der Waals surface area contributed by atoms with E-state index < -0.39 is 0 Å². The Bertz CT molecular complexity index is 93.7. The molecule has 0 N–H and O–H groups in total. The molecule has 1 aliphatic heterocycles. The van der Waals surface area contributed by atoms with Gasteiger partial charge in [0.25, 0.3) is 0 Å². The van der Waals surface area contributed by atoms with E-state index in [1.54, 1.807) is 11.8 Å². The monoisotopic (exact) mass is 116 g/mol. The molecule has 0 saturated carbocycles. The maximum Gasteiger partial charge on any atom is 0.0705 e. The van der Waals surface area contributed by atoms with Crippen molar-refractivity contribution in [2.24, 2.45) is 0 Å². The fourth-order valence-electron chi connectivity index (χ4n) is 0.323. The zero-order valence-electron chi connectivity index (χ0n) is 3.18. The van der Waals surface area contributed by atoms with Crippen molar-refractivity contribution in [3.8, 4) is 0 Å². The second kappa shape index (κ2) is 1.76. The fourth-order valence-corrected chi connectivity index (χ4v) is 1.17. The van der Waals surface area contributed by atoms with Gasteiger partial charge in [-0.25, -0.2) is 0 Å². The topological polar surface area (TPSA) is 0 Å². The number of rotatable bonds is 0. The molecule has 32 valence electrons. The molecule has 0 spiro atoms. The van der Waals surface area contributed by atoms with Crippen molar-refractivity contribution in [3.63, 3.8) is 0 Å². The first-order chi connectivity index (χ1) is 2.89. The van der Waals surface area contributed by atoms with Crippen LogP contribution in [0.5, 0.6) is 0 Å². The van der Waals surface area contributed by atoms with Gasteiger partial charge in [-0.2, -0.15) is 0 Å². The Morgan fingerprint density at radius 3 is 2.83 bits per heavy atom. The van der Waals surface area contributed by atoms with Crippen LogP contribution >= 0.6 is 24.0 Å². The third-order valence-electron chi connectivity index (χ3n) is 0.576. The lowest BCUT2D eigenvalue weighted by Crippen LogP contribution is -1.66. The molecule has 2 heteroatoms. The van der Waals surface area contributed by atoms with Crippen LogP contribution in [0, 0.1) is 0 Å². The predicted octanol–water partition coefficient (Wildman–Crippen LogP) is 1.62. The van der Waals surface area contributed by atoms with Crippen molar-refractivity contribution in [1.29, 1.82) is 0 Å². The van der Waals surface area contributed by atoms with E-state index >= 15 is 0 Å². The molecular weight excluding hydrogens is 112 g/mol. The van der Waals surface area contributed by atoms with Crippen LogP contribution in [0.25, 0.3) is 0 Å². The van der Waals surface area contributed by atoms with E-state index in [-0.39, 0.29) is 0 Å². The van der Waals surface area contributed by atoms with Gasteiger partial charge in [0.15, 0.2) is 0 Å². The second-order valence-electron chi connectivity index (χ2n) is 1.03. The van der Waals surface area contributed by atoms with E-state index in [0.717, 1.165) is 9.95 Å². The molecule has 0 radical (unpaired) electrons. The predicted molar refractivity (Wildman–Crippen MR) is 34.2 cm³/mol. The largest absolute Gasteiger partial charge is 0.110 e. The minimum atomic E-state index is 1.02. The average molecular weight is 116 g/mol. The van der Waals surface area contributed by atoms with Crippen molar-refractivity contribution < 1.29 is 0 Å². The van der Waals surface area contributed by atoms with Gasteiger partial charge in [-0.1, -0.05) is 18.3 Å². The van der Waals surface area contributed by atoms with Crippen molar-refractivity contribution in [1.82, 2.24) is 0 Å². The van der Waals surface area contributed by atoms with Crippen LogP contribution in [0.1, 0.15) is 0 Å². The lowest BCUT2D eigenvalue weighted by atomic mass is 10.6. The first-order valence-corrected chi connectivity index (χ1v) is 3.12. The van der Waals surface area contributed by atoms with Gasteiger partial charge >= 0.3 is 0 Å². The summed E-state index contributed by atoms with van der Waals surface area (Å²) in [5.41, 5.74) is 0. The third kappa shape index (κ3) is 0.820. The maximum atomic E-state index is 4.80. The molecule has 0 unspecified atom stereocenters. The number of hydrogen-bond donors (Lipinski definition) is 0. The van der Waals surface area contributed by atoms with Crippen LogP contribution < -0.4 is 0 Å². The van der Waals surface area contributed by atoms with Crippen LogP contribution in [0.15, 0.2) is 12.2 Å². The van der Waals surface area contributed by atoms with E-state index in [0.29, 0.717) is 0 Å². The normalized spacial score (nSPS) is 19.7. The molecule has 6 heavy (non-hydrogen) atoms. The molecule has 0 nitrogen and oxygen atoms in total. The Morgan fingerprint density at radius 2 is 2.67 bits per heavy atom. The Morgan fingerprint density at radius 1 is 1.83 bits per heavy atom. The molecule has 0 amide bonds. The van der Waals surface area contributed by atoms with Crippen molar-refractivity contribution in [3.05, 3.63) is 12.2 Å². The molecule has 0 aromatic rings. The fraction of sp³-hybridized carbons (Fsp3) is 0.250. The Hall–Kier alpha value is 0.180. The zero-order valence-corrected chi connectivity index (χ0v) is 4.81. The smallest absolute Gasteiger partial charge is 0.0705 e. The van der Waals surface area contributed by atoms with E-state index in [1.807, 2.05) is 6.08 Å². The van der Waals surface area contributed by atoms with Gasteiger partial charge in [-0.15, -0.1) is 11.8 Å². The molecule has 1 heterocycles. The Balaban J connectivity index is 2.59. The summed E-state index contributed by atoms with van der Waals surface area (Å²) in [5, 5.41) is 0. The molecule has 0 fully saturated rings. The highest BCUT2D eigenvalue weighted by Gasteiger charge is 1.94. The molecule has 0 aliphatic carbocycles. The summed E-state index contributed by atoms with van der Waals surface area (Å²) in [7, 11) is 0. The first-order valence-electron chi connectivity index (χ1n) is 1.73. The van der Waals surface area contributed by atoms with Gasteiger partial charge in [0.2, 0.25) is 0 Å². The number of thioether (sulfide) groups is 1. The Labute approximate surface area is 46.6 Å². The molecule has 0 aromatic heterocycles. The molecule has 1 rings (SSSR count). The number of thiocarbonyl (C=S) groups is 1. The maximum absolute atomic E-state index is 4.80. The highest BCUT2D eigenvalue weighted by molar-refractivity contribution is 8.24. The van der Waals surface area contributed by atoms with Crippen LogP contribution in [0.3, 0.4) is 0 Å². The van der Waals surface area contributed by atoms with Crippen molar-refractivity contribution in [2.75, 3.05) is 5.75 Å². The van der Waals surface area contributed by atoms with Crippen LogP contribution in [0.2, 0.25) is 0 Å². The third-order valence-corrected chi connectivity index (χ3v) is 1.85. The van der Waals surface area contributed by atoms with E-state index in [1.165, 1.54) is 0 Å². The summed E-state index contributed by atoms with van der Waals surface area (Å²) in [6.45, 7) is 0. The minimum Gasteiger partial charge on any atom is -0.110 e. The number of hydrogen-bond acceptors (Lipinski definition) is 2. The summed E-state index contributed by atoms with van der Waals surface area (Å²) >= 11 is 6.51. The van der Waals surface area contributed by atoms with Crippen molar-refractivity contribution >= 4 is 28.2 Å². The van der Waals surface area contributed by atoms with Gasteiger partial charge in [-0.3, -0.25) is 0 Å². The van der Waals surface area contributed by atoms with Gasteiger partial charge in [0, 0.05) is 5.75 Å². The van der Waals surface area contributed by atoms with Crippen molar-refractivity contribution in [2.45, 2.75) is 0 Å². The van der Waals surface area contributed by atoms with Crippen LogP contribution in [-0.4, -0.2) is 9.95 Å². The lowest BCUT2D eigenvalue weighted by molar-refractivity contribution is 1.84. The highest BCUT2D eigenvalue weighted by Crippen LogP contribution is 2.11. The Kier molecular flexibility index (Phi) is 1.27. The van der Waals surface area contributed by atoms with Gasteiger partial charge in [0.1, 0.15) is 0 Å². The zero-order chi connectivity index (χ0) is 4.41. The summed E-state index contributed by atoms with van der Waals surface area (Å²) in [4.78, 5) is 0. The summed E-state index contributed by atoms with van der Waals surface area (Å²) < 4.78 is 1.02. The van der Waals surface area contributed by atoms with Crippen LogP contribution in [0.4, 0.5) is 0 Å². The molecular formula is C4H4S2. The molecule has 0 aromatic carbocycles. The first kappa shape index (κ1) is 4.34. The van der Waals surface area contributed by atoms with Gasteiger partial charge in [0.05, 0.1) is 4.20 Å². The quantitative estimate of drug-likeness (QED) is 0.441. The van der Waals surface area contributed by atoms with Gasteiger partial charge < -0.3 is 0 Å². The molecule has 1 aliphatic rings. The highest BCUT2D eigenvalue weighted by atomic mass is 32.2. The molecule has 0 saturated heterocycles. The standard InChI is InChI=1S/C4H4S2/c5-4-2-1-3-6-4/h1-2H,3H2. The SMILES string of the molecule is S=C1C=CCS1. The van der Waals surface area contributed by atoms with E-state index in [4.69, 9.17) is 12.2 Å². The summed E-state index contributed by atoms with van der Waals surface area (Å²) in [6, 6.07) is 0. The average Bonchev–Trinajstić information content (AvgIpc) is 1.86. The second-order valence-corrected chi connectivity index (χ2v) is 2.79. The van der Waals surface area contributed by atoms with Gasteiger partial charge in [-0.05, 0) is 6.08 Å². The molecule has 0 atom stereocenters. The lowest BCUT2D eigenvalue weighted by Gasteiger charge is -1.76. The van der Waals surface area contributed by atoms with Crippen LogP contribution in [-0.2, 0) is 0 Å². The summed E-state index contributed by atoms with van der Waals surface area (Å²) in [5.74, 6) is 1.08. The minimum absolute atomic E-state index is 1.02. The summed E-state index contributed by atoms with van der Waals surface area (Å²) in [6.07, 6.45) is 4.05.